The van der Waals surface area contributed by atoms with Gasteiger partial charge in [-0.05, 0) is 24.3 Å². The van der Waals surface area contributed by atoms with E-state index in [1.807, 2.05) is 0 Å². The lowest BCUT2D eigenvalue weighted by Crippen LogP contribution is -2.49. The number of nitrogens with two attached hydrogens (primary N) is 1. The van der Waals surface area contributed by atoms with Crippen molar-refractivity contribution in [1.82, 2.24) is 9.55 Å². The second-order valence-corrected chi connectivity index (χ2v) is 7.24. The number of anilines is 1. The summed E-state index contributed by atoms with van der Waals surface area (Å²) in [6.07, 6.45) is -0.982. The highest BCUT2D eigenvalue weighted by molar-refractivity contribution is 7.99. The summed E-state index contributed by atoms with van der Waals surface area (Å²) in [6.45, 7) is -2.83. The number of primary amides is 1. The van der Waals surface area contributed by atoms with Crippen molar-refractivity contribution in [3.8, 4) is 5.75 Å². The molecule has 29 heavy (non-hydrogen) atoms. The Bertz CT molecular complexity index is 1090. The summed E-state index contributed by atoms with van der Waals surface area (Å²) in [5.74, 6) is -0.842. The largest absolute Gasteiger partial charge is 0.477 e. The van der Waals surface area contributed by atoms with E-state index in [4.69, 9.17) is 10.5 Å². The fourth-order valence-electron chi connectivity index (χ4n) is 3.14. The molecule has 0 saturated carbocycles. The molecule has 0 unspecified atom stereocenters. The molecule has 0 aliphatic carbocycles. The molecule has 1 aliphatic heterocycles. The molecule has 2 heterocycles. The van der Waals surface area contributed by atoms with Crippen molar-refractivity contribution >= 4 is 40.3 Å². The maximum Gasteiger partial charge on any atom is 0.321 e. The SMILES string of the molecule is NC(=O)[C@H]1CN(C(=O)CSc2nc3ccccc3n2C(F)F)c2ccccc2O1. The molecule has 2 aromatic carbocycles. The third-order valence-corrected chi connectivity index (χ3v) is 5.41. The van der Waals surface area contributed by atoms with Gasteiger partial charge in [0.1, 0.15) is 5.75 Å². The molecule has 2 N–H and O–H groups in total. The van der Waals surface area contributed by atoms with Crippen molar-refractivity contribution in [2.45, 2.75) is 17.8 Å². The monoisotopic (exact) mass is 418 g/mol. The predicted octanol–water partition coefficient (Wildman–Crippen LogP) is 2.80. The Balaban J connectivity index is 1.58. The van der Waals surface area contributed by atoms with Gasteiger partial charge in [-0.25, -0.2) is 4.98 Å². The molecular weight excluding hydrogens is 402 g/mol. The smallest absolute Gasteiger partial charge is 0.321 e. The van der Waals surface area contributed by atoms with Crippen molar-refractivity contribution in [3.05, 3.63) is 48.5 Å². The Kier molecular flexibility index (Phi) is 5.10. The van der Waals surface area contributed by atoms with Crippen LogP contribution in [0.2, 0.25) is 0 Å². The summed E-state index contributed by atoms with van der Waals surface area (Å²) in [5, 5.41) is 0.0440. The highest BCUT2D eigenvalue weighted by Crippen LogP contribution is 2.34. The Labute approximate surface area is 168 Å². The van der Waals surface area contributed by atoms with Gasteiger partial charge in [-0.15, -0.1) is 0 Å². The number of benzene rings is 2. The van der Waals surface area contributed by atoms with Crippen LogP contribution in [0, 0.1) is 0 Å². The Morgan fingerprint density at radius 3 is 2.69 bits per heavy atom. The molecule has 7 nitrogen and oxygen atoms in total. The van der Waals surface area contributed by atoms with Gasteiger partial charge in [0.05, 0.1) is 29.0 Å². The van der Waals surface area contributed by atoms with Crippen molar-refractivity contribution < 1.29 is 23.1 Å². The van der Waals surface area contributed by atoms with Gasteiger partial charge in [-0.1, -0.05) is 36.0 Å². The quantitative estimate of drug-likeness (QED) is 0.644. The molecule has 0 fully saturated rings. The van der Waals surface area contributed by atoms with Gasteiger partial charge in [0.15, 0.2) is 11.3 Å². The van der Waals surface area contributed by atoms with Crippen molar-refractivity contribution in [1.29, 1.82) is 0 Å². The van der Waals surface area contributed by atoms with Gasteiger partial charge in [0.2, 0.25) is 5.91 Å². The Hall–Kier alpha value is -3.14. The number of ether oxygens (including phenoxy) is 1. The molecule has 0 radical (unpaired) electrons. The standard InChI is InChI=1S/C19H16F2N4O3S/c20-18(21)25-12-6-2-1-5-11(12)23-19(25)29-10-16(26)24-9-15(17(22)27)28-14-8-4-3-7-13(14)24/h1-8,15,18H,9-10H2,(H2,22,27)/t15-/m1/s1. The van der Waals surface area contributed by atoms with Crippen LogP contribution in [-0.2, 0) is 9.59 Å². The minimum atomic E-state index is -2.79. The Morgan fingerprint density at radius 1 is 1.21 bits per heavy atom. The first kappa shape index (κ1) is 19.2. The molecule has 10 heteroatoms. The molecule has 1 atom stereocenters. The fourth-order valence-corrected chi connectivity index (χ4v) is 4.02. The zero-order valence-electron chi connectivity index (χ0n) is 15.0. The number of rotatable bonds is 5. The van der Waals surface area contributed by atoms with E-state index in [0.29, 0.717) is 22.5 Å². The van der Waals surface area contributed by atoms with Gasteiger partial charge in [0.25, 0.3) is 5.91 Å². The van der Waals surface area contributed by atoms with Crippen LogP contribution in [0.15, 0.2) is 53.7 Å². The molecule has 150 valence electrons. The predicted molar refractivity (Wildman–Crippen MR) is 104 cm³/mol. The van der Waals surface area contributed by atoms with Crippen LogP contribution in [0.5, 0.6) is 5.75 Å². The summed E-state index contributed by atoms with van der Waals surface area (Å²) in [5.41, 5.74) is 6.56. The summed E-state index contributed by atoms with van der Waals surface area (Å²) >= 11 is 0.911. The number of alkyl halides is 2. The lowest BCUT2D eigenvalue weighted by Gasteiger charge is -2.33. The Morgan fingerprint density at radius 2 is 1.93 bits per heavy atom. The third kappa shape index (κ3) is 3.63. The second-order valence-electron chi connectivity index (χ2n) is 6.30. The molecular formula is C19H16F2N4O3S. The highest BCUT2D eigenvalue weighted by Gasteiger charge is 2.32. The summed E-state index contributed by atoms with van der Waals surface area (Å²) in [4.78, 5) is 30.1. The highest BCUT2D eigenvalue weighted by atomic mass is 32.2. The van der Waals surface area contributed by atoms with Gasteiger partial charge >= 0.3 is 6.55 Å². The van der Waals surface area contributed by atoms with Crippen LogP contribution < -0.4 is 15.4 Å². The van der Waals surface area contributed by atoms with Crippen molar-refractivity contribution in [2.24, 2.45) is 5.73 Å². The number of imidazole rings is 1. The van der Waals surface area contributed by atoms with Crippen LogP contribution in [0.1, 0.15) is 6.55 Å². The normalized spacial score (nSPS) is 16.0. The number of amides is 2. The average Bonchev–Trinajstić information content (AvgIpc) is 3.09. The number of carbonyl (C=O) groups excluding carboxylic acids is 2. The lowest BCUT2D eigenvalue weighted by atomic mass is 10.2. The number of para-hydroxylation sites is 4. The summed E-state index contributed by atoms with van der Waals surface area (Å²) in [7, 11) is 0. The van der Waals surface area contributed by atoms with Gasteiger partial charge in [0, 0.05) is 0 Å². The van der Waals surface area contributed by atoms with E-state index in [1.54, 1.807) is 48.5 Å². The topological polar surface area (TPSA) is 90.5 Å². The van der Waals surface area contributed by atoms with E-state index >= 15 is 0 Å². The van der Waals surface area contributed by atoms with Crippen LogP contribution >= 0.6 is 11.8 Å². The minimum absolute atomic E-state index is 0.0440. The maximum absolute atomic E-state index is 13.6. The number of carbonyl (C=O) groups is 2. The van der Waals surface area contributed by atoms with Gasteiger partial charge in [-0.2, -0.15) is 8.78 Å². The average molecular weight is 418 g/mol. The van der Waals surface area contributed by atoms with Crippen LogP contribution in [-0.4, -0.2) is 39.8 Å². The molecule has 0 spiro atoms. The first-order valence-corrected chi connectivity index (χ1v) is 9.67. The van der Waals surface area contributed by atoms with E-state index in [1.165, 1.54) is 4.90 Å². The van der Waals surface area contributed by atoms with Gasteiger partial charge in [-0.3, -0.25) is 14.2 Å². The van der Waals surface area contributed by atoms with Gasteiger partial charge < -0.3 is 15.4 Å². The number of halogens is 2. The first-order chi connectivity index (χ1) is 14.0. The zero-order chi connectivity index (χ0) is 20.5. The molecule has 1 aromatic heterocycles. The minimum Gasteiger partial charge on any atom is -0.477 e. The van der Waals surface area contributed by atoms with E-state index in [2.05, 4.69) is 4.98 Å². The van der Waals surface area contributed by atoms with E-state index in [9.17, 15) is 18.4 Å². The number of hydrogen-bond donors (Lipinski definition) is 1. The fraction of sp³-hybridized carbons (Fsp3) is 0.211. The second kappa shape index (κ2) is 7.70. The molecule has 1 aliphatic rings. The number of aromatic nitrogens is 2. The molecule has 0 bridgehead atoms. The first-order valence-electron chi connectivity index (χ1n) is 8.69. The van der Waals surface area contributed by atoms with E-state index in [0.717, 1.165) is 16.3 Å². The third-order valence-electron chi connectivity index (χ3n) is 4.48. The van der Waals surface area contributed by atoms with E-state index in [-0.39, 0.29) is 23.4 Å². The zero-order valence-corrected chi connectivity index (χ0v) is 15.8. The number of nitrogens with zero attached hydrogens (tertiary/aromatic N) is 3. The summed E-state index contributed by atoms with van der Waals surface area (Å²) in [6, 6.07) is 13.3. The number of hydrogen-bond acceptors (Lipinski definition) is 5. The number of fused-ring (bicyclic) bond motifs is 2. The van der Waals surface area contributed by atoms with Crippen molar-refractivity contribution in [2.75, 3.05) is 17.2 Å². The maximum atomic E-state index is 13.6. The van der Waals surface area contributed by atoms with Crippen LogP contribution in [0.25, 0.3) is 11.0 Å². The van der Waals surface area contributed by atoms with E-state index < -0.39 is 18.6 Å². The lowest BCUT2D eigenvalue weighted by molar-refractivity contribution is -0.125. The molecule has 2 amide bonds. The summed E-state index contributed by atoms with van der Waals surface area (Å²) < 4.78 is 33.4. The molecule has 3 aromatic rings. The van der Waals surface area contributed by atoms with Crippen LogP contribution in [0.3, 0.4) is 0 Å². The van der Waals surface area contributed by atoms with Crippen molar-refractivity contribution in [3.63, 3.8) is 0 Å². The molecule has 4 rings (SSSR count). The molecule has 0 saturated heterocycles. The number of thioether (sulfide) groups is 1. The van der Waals surface area contributed by atoms with Crippen LogP contribution in [0.4, 0.5) is 14.5 Å².